The summed E-state index contributed by atoms with van der Waals surface area (Å²) in [5.41, 5.74) is 1.40. The van der Waals surface area contributed by atoms with Crippen LogP contribution in [-0.2, 0) is 17.2 Å². The van der Waals surface area contributed by atoms with Crippen LogP contribution in [0, 0.1) is 0 Å². The lowest BCUT2D eigenvalue weighted by Gasteiger charge is -2.25. The summed E-state index contributed by atoms with van der Waals surface area (Å²) in [7, 11) is -0.702. The number of hydrogen-bond acceptors (Lipinski definition) is 3. The number of rotatable bonds is 6. The first-order valence-corrected chi connectivity index (χ1v) is 9.59. The highest BCUT2D eigenvalue weighted by Gasteiger charge is 2.18. The lowest BCUT2D eigenvalue weighted by atomic mass is 10.1. The van der Waals surface area contributed by atoms with Gasteiger partial charge in [0, 0.05) is 34.9 Å². The van der Waals surface area contributed by atoms with Crippen molar-refractivity contribution >= 4 is 10.8 Å². The molecule has 1 aliphatic rings. The van der Waals surface area contributed by atoms with Gasteiger partial charge in [-0.1, -0.05) is 37.3 Å². The molecule has 2 rings (SSSR count). The zero-order valence-corrected chi connectivity index (χ0v) is 14.1. The van der Waals surface area contributed by atoms with Crippen LogP contribution in [0.2, 0.25) is 0 Å². The van der Waals surface area contributed by atoms with E-state index in [1.165, 1.54) is 12.0 Å². The number of nitrogens with one attached hydrogen (secondary N) is 1. The SMILES string of the molecule is CC(CCN1CCCNC(Cc2ccccc2)C1)S(C)=O. The fraction of sp³-hybridized carbons (Fsp3) is 0.647. The molecule has 1 aromatic carbocycles. The molecule has 0 aliphatic carbocycles. The summed E-state index contributed by atoms with van der Waals surface area (Å²) < 4.78 is 11.5. The highest BCUT2D eigenvalue weighted by Crippen LogP contribution is 2.10. The molecule has 1 fully saturated rings. The van der Waals surface area contributed by atoms with E-state index in [1.807, 2.05) is 6.26 Å². The monoisotopic (exact) mass is 308 g/mol. The molecule has 1 aromatic rings. The van der Waals surface area contributed by atoms with E-state index in [0.29, 0.717) is 11.3 Å². The Morgan fingerprint density at radius 1 is 1.38 bits per heavy atom. The molecule has 0 aromatic heterocycles. The average Bonchev–Trinajstić information content (AvgIpc) is 2.71. The molecule has 0 saturated carbocycles. The maximum atomic E-state index is 11.5. The Morgan fingerprint density at radius 2 is 2.14 bits per heavy atom. The van der Waals surface area contributed by atoms with E-state index in [4.69, 9.17) is 0 Å². The van der Waals surface area contributed by atoms with Gasteiger partial charge < -0.3 is 10.2 Å². The predicted octanol–water partition coefficient (Wildman–Crippen LogP) is 2.05. The third-order valence-electron chi connectivity index (χ3n) is 4.31. The zero-order valence-electron chi connectivity index (χ0n) is 13.3. The summed E-state index contributed by atoms with van der Waals surface area (Å²) in [6.07, 6.45) is 5.13. The van der Waals surface area contributed by atoms with E-state index in [2.05, 4.69) is 47.5 Å². The minimum atomic E-state index is -0.702. The summed E-state index contributed by atoms with van der Waals surface area (Å²) in [6.45, 7) is 6.50. The van der Waals surface area contributed by atoms with Gasteiger partial charge in [0.05, 0.1) is 0 Å². The number of nitrogens with zero attached hydrogens (tertiary/aromatic N) is 1. The lowest BCUT2D eigenvalue weighted by molar-refractivity contribution is 0.264. The van der Waals surface area contributed by atoms with Gasteiger partial charge >= 0.3 is 0 Å². The van der Waals surface area contributed by atoms with Crippen molar-refractivity contribution in [1.29, 1.82) is 0 Å². The van der Waals surface area contributed by atoms with Crippen LogP contribution in [0.4, 0.5) is 0 Å². The fourth-order valence-electron chi connectivity index (χ4n) is 2.85. The Labute approximate surface area is 131 Å². The van der Waals surface area contributed by atoms with Crippen molar-refractivity contribution in [1.82, 2.24) is 10.2 Å². The Morgan fingerprint density at radius 3 is 2.86 bits per heavy atom. The number of hydrogen-bond donors (Lipinski definition) is 1. The summed E-state index contributed by atoms with van der Waals surface area (Å²) in [4.78, 5) is 2.54. The quantitative estimate of drug-likeness (QED) is 0.873. The second kappa shape index (κ2) is 8.66. The topological polar surface area (TPSA) is 32.3 Å². The van der Waals surface area contributed by atoms with E-state index in [-0.39, 0.29) is 0 Å². The standard InChI is InChI=1S/C17H28N2OS/c1-15(21(2)20)9-12-19-11-6-10-18-17(14-19)13-16-7-4-3-5-8-16/h3-5,7-8,15,17-18H,6,9-14H2,1-2H3. The molecule has 1 aliphatic heterocycles. The van der Waals surface area contributed by atoms with Crippen LogP contribution in [0.3, 0.4) is 0 Å². The van der Waals surface area contributed by atoms with Crippen molar-refractivity contribution < 1.29 is 4.21 Å². The number of benzene rings is 1. The van der Waals surface area contributed by atoms with Gasteiger partial charge in [0.25, 0.3) is 0 Å². The van der Waals surface area contributed by atoms with Crippen molar-refractivity contribution in [2.24, 2.45) is 0 Å². The van der Waals surface area contributed by atoms with Crippen LogP contribution in [0.5, 0.6) is 0 Å². The lowest BCUT2D eigenvalue weighted by Crippen LogP contribution is -2.40. The Kier molecular flexibility index (Phi) is 6.87. The van der Waals surface area contributed by atoms with Crippen LogP contribution in [0.15, 0.2) is 30.3 Å². The van der Waals surface area contributed by atoms with Crippen molar-refractivity contribution in [2.75, 3.05) is 32.4 Å². The minimum absolute atomic E-state index is 0.300. The zero-order chi connectivity index (χ0) is 15.1. The molecule has 21 heavy (non-hydrogen) atoms. The molecule has 1 saturated heterocycles. The third kappa shape index (κ3) is 5.89. The van der Waals surface area contributed by atoms with Crippen LogP contribution < -0.4 is 5.32 Å². The first-order chi connectivity index (χ1) is 10.1. The van der Waals surface area contributed by atoms with Crippen molar-refractivity contribution in [3.8, 4) is 0 Å². The van der Waals surface area contributed by atoms with Gasteiger partial charge in [0.1, 0.15) is 0 Å². The Bertz CT molecular complexity index is 438. The van der Waals surface area contributed by atoms with Crippen molar-refractivity contribution in [3.05, 3.63) is 35.9 Å². The van der Waals surface area contributed by atoms with Gasteiger partial charge in [0.15, 0.2) is 0 Å². The second-order valence-electron chi connectivity index (χ2n) is 6.09. The minimum Gasteiger partial charge on any atom is -0.312 e. The molecule has 0 amide bonds. The van der Waals surface area contributed by atoms with E-state index in [9.17, 15) is 4.21 Å². The third-order valence-corrected chi connectivity index (χ3v) is 5.68. The highest BCUT2D eigenvalue weighted by molar-refractivity contribution is 7.84. The van der Waals surface area contributed by atoms with E-state index < -0.39 is 10.8 Å². The largest absolute Gasteiger partial charge is 0.312 e. The maximum absolute atomic E-state index is 11.5. The Hall–Kier alpha value is -0.710. The molecule has 0 spiro atoms. The van der Waals surface area contributed by atoms with Crippen molar-refractivity contribution in [3.63, 3.8) is 0 Å². The molecular weight excluding hydrogens is 280 g/mol. The van der Waals surface area contributed by atoms with E-state index in [1.54, 1.807) is 0 Å². The molecule has 3 nitrogen and oxygen atoms in total. The predicted molar refractivity (Wildman–Crippen MR) is 91.1 cm³/mol. The molecule has 118 valence electrons. The summed E-state index contributed by atoms with van der Waals surface area (Å²) in [5, 5.41) is 3.97. The molecule has 3 atom stereocenters. The van der Waals surface area contributed by atoms with Crippen LogP contribution in [-0.4, -0.2) is 52.8 Å². The summed E-state index contributed by atoms with van der Waals surface area (Å²) in [6, 6.07) is 11.2. The molecule has 3 unspecified atom stereocenters. The van der Waals surface area contributed by atoms with E-state index in [0.717, 1.165) is 39.0 Å². The van der Waals surface area contributed by atoms with E-state index >= 15 is 0 Å². The van der Waals surface area contributed by atoms with Crippen molar-refractivity contribution in [2.45, 2.75) is 37.5 Å². The summed E-state index contributed by atoms with van der Waals surface area (Å²) in [5.74, 6) is 0. The van der Waals surface area contributed by atoms with Gasteiger partial charge in [-0.2, -0.15) is 0 Å². The molecular formula is C17H28N2OS. The van der Waals surface area contributed by atoms with Crippen LogP contribution >= 0.6 is 0 Å². The van der Waals surface area contributed by atoms with Gasteiger partial charge in [-0.25, -0.2) is 0 Å². The Balaban J connectivity index is 1.84. The molecule has 1 heterocycles. The van der Waals surface area contributed by atoms with Gasteiger partial charge in [-0.15, -0.1) is 0 Å². The smallest absolute Gasteiger partial charge is 0.0329 e. The molecule has 0 bridgehead atoms. The molecule has 0 radical (unpaired) electrons. The second-order valence-corrected chi connectivity index (χ2v) is 7.89. The van der Waals surface area contributed by atoms with Crippen LogP contribution in [0.1, 0.15) is 25.3 Å². The molecule has 4 heteroatoms. The summed E-state index contributed by atoms with van der Waals surface area (Å²) >= 11 is 0. The normalized spacial score (nSPS) is 23.4. The van der Waals surface area contributed by atoms with Gasteiger partial charge in [-0.05, 0) is 44.5 Å². The van der Waals surface area contributed by atoms with Gasteiger partial charge in [-0.3, -0.25) is 4.21 Å². The molecule has 1 N–H and O–H groups in total. The van der Waals surface area contributed by atoms with Crippen LogP contribution in [0.25, 0.3) is 0 Å². The average molecular weight is 308 g/mol. The van der Waals surface area contributed by atoms with Gasteiger partial charge in [0.2, 0.25) is 0 Å². The maximum Gasteiger partial charge on any atom is 0.0329 e. The first-order valence-electron chi connectivity index (χ1n) is 7.97. The fourth-order valence-corrected chi connectivity index (χ4v) is 3.28. The highest BCUT2D eigenvalue weighted by atomic mass is 32.2. The first kappa shape index (κ1) is 16.7.